The number of aliphatic hydroxyl groups is 2. The first kappa shape index (κ1) is 22.9. The third-order valence-corrected chi connectivity index (χ3v) is 5.15. The summed E-state index contributed by atoms with van der Waals surface area (Å²) < 4.78 is 67.5. The van der Waals surface area contributed by atoms with E-state index in [4.69, 9.17) is 5.11 Å². The number of piperidine rings is 1. The quantitative estimate of drug-likeness (QED) is 0.626. The number of likely N-dealkylation sites (tertiary alicyclic amines) is 1. The van der Waals surface area contributed by atoms with Gasteiger partial charge in [0.05, 0.1) is 12.2 Å². The minimum absolute atomic E-state index is 0.0145. The number of anilines is 1. The third-order valence-electron chi connectivity index (χ3n) is 5.15. The number of benzene rings is 1. The summed E-state index contributed by atoms with van der Waals surface area (Å²) in [6.07, 6.45) is -5.21. The van der Waals surface area contributed by atoms with Crippen LogP contribution in [0.3, 0.4) is 0 Å². The Bertz CT molecular complexity index is 929. The molecule has 2 amide bonds. The zero-order valence-corrected chi connectivity index (χ0v) is 16.2. The number of nitrogens with one attached hydrogen (secondary N) is 1. The average molecular weight is 445 g/mol. The van der Waals surface area contributed by atoms with Crippen LogP contribution in [0, 0.1) is 5.82 Å². The highest BCUT2D eigenvalue weighted by Crippen LogP contribution is 2.38. The lowest BCUT2D eigenvalue weighted by molar-refractivity contribution is -0.137. The van der Waals surface area contributed by atoms with E-state index in [9.17, 15) is 27.5 Å². The van der Waals surface area contributed by atoms with Crippen LogP contribution in [0.15, 0.2) is 36.5 Å². The summed E-state index contributed by atoms with van der Waals surface area (Å²) in [5, 5.41) is 20.9. The SMILES string of the molecule is O=C(Nc1ccc(C(F)(F)F)cc1)N1CCC(F)(c2ncc([C@@H](O)CO)cc2F)CC1. The molecular weight excluding hydrogens is 425 g/mol. The molecule has 1 aliphatic heterocycles. The minimum Gasteiger partial charge on any atom is -0.393 e. The van der Waals surface area contributed by atoms with Crippen LogP contribution in [0.1, 0.15) is 35.8 Å². The van der Waals surface area contributed by atoms with Gasteiger partial charge in [0.15, 0.2) is 5.67 Å². The molecule has 0 unspecified atom stereocenters. The second-order valence-electron chi connectivity index (χ2n) is 7.26. The van der Waals surface area contributed by atoms with E-state index >= 15 is 4.39 Å². The smallest absolute Gasteiger partial charge is 0.393 e. The van der Waals surface area contributed by atoms with Gasteiger partial charge in [0.1, 0.15) is 17.6 Å². The maximum atomic E-state index is 15.3. The van der Waals surface area contributed by atoms with Crippen molar-refractivity contribution in [3.05, 3.63) is 59.2 Å². The molecule has 3 N–H and O–H groups in total. The van der Waals surface area contributed by atoms with Crippen molar-refractivity contribution < 1.29 is 37.0 Å². The zero-order chi connectivity index (χ0) is 22.8. The van der Waals surface area contributed by atoms with E-state index in [1.165, 1.54) is 4.90 Å². The topological polar surface area (TPSA) is 85.7 Å². The van der Waals surface area contributed by atoms with Gasteiger partial charge < -0.3 is 20.4 Å². The predicted molar refractivity (Wildman–Crippen MR) is 100 cm³/mol. The molecule has 0 saturated carbocycles. The predicted octanol–water partition coefficient (Wildman–Crippen LogP) is 3.76. The fraction of sp³-hybridized carbons (Fsp3) is 0.400. The number of carbonyl (C=O) groups is 1. The van der Waals surface area contributed by atoms with Gasteiger partial charge >= 0.3 is 12.2 Å². The van der Waals surface area contributed by atoms with Gasteiger partial charge in [-0.1, -0.05) is 0 Å². The van der Waals surface area contributed by atoms with Crippen molar-refractivity contribution in [2.45, 2.75) is 30.8 Å². The molecule has 2 heterocycles. The van der Waals surface area contributed by atoms with E-state index in [0.717, 1.165) is 36.5 Å². The fourth-order valence-corrected chi connectivity index (χ4v) is 3.32. The van der Waals surface area contributed by atoms with E-state index < -0.39 is 47.7 Å². The number of nitrogens with zero attached hydrogens (tertiary/aromatic N) is 2. The normalized spacial score (nSPS) is 17.3. The Balaban J connectivity index is 1.62. The number of hydrogen-bond acceptors (Lipinski definition) is 4. The standard InChI is InChI=1S/C20H20F5N3O3/c21-15-9-12(16(30)11-29)10-26-17(15)19(22)5-7-28(8-6-19)18(31)27-14-3-1-13(2-4-14)20(23,24)25/h1-4,9-10,16,29-30H,5-8,11H2,(H,27,31)/t16-/m0/s1. The molecule has 2 aromatic rings. The molecular formula is C20H20F5N3O3. The number of hydrogen-bond donors (Lipinski definition) is 3. The first-order valence-corrected chi connectivity index (χ1v) is 9.40. The van der Waals surface area contributed by atoms with Crippen molar-refractivity contribution in [1.29, 1.82) is 0 Å². The molecule has 0 spiro atoms. The number of amides is 2. The van der Waals surface area contributed by atoms with Crippen molar-refractivity contribution in [3.63, 3.8) is 0 Å². The number of aliphatic hydroxyl groups excluding tert-OH is 2. The summed E-state index contributed by atoms with van der Waals surface area (Å²) in [6, 6.07) is 4.21. The molecule has 3 rings (SSSR count). The van der Waals surface area contributed by atoms with Gasteiger partial charge in [-0.25, -0.2) is 13.6 Å². The molecule has 1 fully saturated rings. The molecule has 0 radical (unpaired) electrons. The highest BCUT2D eigenvalue weighted by Gasteiger charge is 2.41. The number of halogens is 5. The van der Waals surface area contributed by atoms with E-state index in [1.54, 1.807) is 0 Å². The minimum atomic E-state index is -4.49. The van der Waals surface area contributed by atoms with Crippen LogP contribution in [0.25, 0.3) is 0 Å². The fourth-order valence-electron chi connectivity index (χ4n) is 3.32. The Morgan fingerprint density at radius 2 is 1.84 bits per heavy atom. The van der Waals surface area contributed by atoms with Gasteiger partial charge in [0.2, 0.25) is 0 Å². The molecule has 1 aromatic carbocycles. The highest BCUT2D eigenvalue weighted by molar-refractivity contribution is 5.89. The molecule has 6 nitrogen and oxygen atoms in total. The Morgan fingerprint density at radius 3 is 2.35 bits per heavy atom. The van der Waals surface area contributed by atoms with Gasteiger partial charge in [-0.05, 0) is 30.3 Å². The van der Waals surface area contributed by atoms with Crippen LogP contribution in [0.4, 0.5) is 32.4 Å². The second kappa shape index (κ2) is 8.75. The third kappa shape index (κ3) is 5.10. The zero-order valence-electron chi connectivity index (χ0n) is 16.2. The molecule has 1 atom stereocenters. The average Bonchev–Trinajstić information content (AvgIpc) is 2.73. The molecule has 1 aliphatic rings. The van der Waals surface area contributed by atoms with E-state index in [-0.39, 0.29) is 37.2 Å². The monoisotopic (exact) mass is 445 g/mol. The first-order valence-electron chi connectivity index (χ1n) is 9.40. The Labute approximate surface area is 174 Å². The number of pyridine rings is 1. The summed E-state index contributed by atoms with van der Waals surface area (Å²) in [4.78, 5) is 17.4. The lowest BCUT2D eigenvalue weighted by Crippen LogP contribution is -2.45. The van der Waals surface area contributed by atoms with Gasteiger partial charge in [0, 0.05) is 43.4 Å². The van der Waals surface area contributed by atoms with E-state index in [1.807, 2.05) is 0 Å². The molecule has 1 aromatic heterocycles. The molecule has 1 saturated heterocycles. The number of carbonyl (C=O) groups excluding carboxylic acids is 1. The van der Waals surface area contributed by atoms with E-state index in [2.05, 4.69) is 10.3 Å². The number of aromatic nitrogens is 1. The lowest BCUT2D eigenvalue weighted by atomic mass is 9.89. The van der Waals surface area contributed by atoms with Crippen LogP contribution in [-0.4, -0.2) is 45.8 Å². The molecule has 31 heavy (non-hydrogen) atoms. The summed E-state index contributed by atoms with van der Waals surface area (Å²) in [7, 11) is 0. The van der Waals surface area contributed by atoms with Crippen LogP contribution >= 0.6 is 0 Å². The number of rotatable bonds is 4. The Morgan fingerprint density at radius 1 is 1.23 bits per heavy atom. The second-order valence-corrected chi connectivity index (χ2v) is 7.26. The molecule has 168 valence electrons. The van der Waals surface area contributed by atoms with Crippen molar-refractivity contribution in [2.24, 2.45) is 0 Å². The van der Waals surface area contributed by atoms with Crippen molar-refractivity contribution in [3.8, 4) is 0 Å². The number of alkyl halides is 4. The summed E-state index contributed by atoms with van der Waals surface area (Å²) in [6.45, 7) is -0.763. The van der Waals surface area contributed by atoms with Gasteiger partial charge in [-0.15, -0.1) is 0 Å². The van der Waals surface area contributed by atoms with Crippen molar-refractivity contribution in [1.82, 2.24) is 9.88 Å². The lowest BCUT2D eigenvalue weighted by Gasteiger charge is -2.36. The van der Waals surface area contributed by atoms with Crippen LogP contribution < -0.4 is 5.32 Å². The largest absolute Gasteiger partial charge is 0.416 e. The molecule has 0 bridgehead atoms. The van der Waals surface area contributed by atoms with Gasteiger partial charge in [-0.3, -0.25) is 4.98 Å². The summed E-state index contributed by atoms with van der Waals surface area (Å²) >= 11 is 0. The van der Waals surface area contributed by atoms with Crippen LogP contribution in [0.2, 0.25) is 0 Å². The summed E-state index contributed by atoms with van der Waals surface area (Å²) in [5.74, 6) is -0.963. The van der Waals surface area contributed by atoms with Crippen LogP contribution in [-0.2, 0) is 11.8 Å². The van der Waals surface area contributed by atoms with Gasteiger partial charge in [-0.2, -0.15) is 13.2 Å². The maximum absolute atomic E-state index is 15.3. The Kier molecular flexibility index (Phi) is 6.46. The highest BCUT2D eigenvalue weighted by atomic mass is 19.4. The molecule has 11 heteroatoms. The number of urea groups is 1. The first-order chi connectivity index (χ1) is 14.5. The molecule has 0 aliphatic carbocycles. The Hall–Kier alpha value is -2.79. The van der Waals surface area contributed by atoms with Gasteiger partial charge in [0.25, 0.3) is 0 Å². The van der Waals surface area contributed by atoms with Crippen molar-refractivity contribution >= 4 is 11.7 Å². The van der Waals surface area contributed by atoms with E-state index in [0.29, 0.717) is 0 Å². The maximum Gasteiger partial charge on any atom is 0.416 e. The van der Waals surface area contributed by atoms with Crippen LogP contribution in [0.5, 0.6) is 0 Å². The summed E-state index contributed by atoms with van der Waals surface area (Å²) in [5.41, 5.74) is -3.25. The van der Waals surface area contributed by atoms with Crippen molar-refractivity contribution in [2.75, 3.05) is 25.0 Å².